The third-order valence-corrected chi connectivity index (χ3v) is 3.93. The van der Waals surface area contributed by atoms with Crippen LogP contribution in [0.25, 0.3) is 11.0 Å². The summed E-state index contributed by atoms with van der Waals surface area (Å²) in [4.78, 5) is 19.7. The van der Waals surface area contributed by atoms with E-state index < -0.39 is 5.82 Å². The maximum absolute atomic E-state index is 13.6. The highest BCUT2D eigenvalue weighted by Crippen LogP contribution is 2.18. The van der Waals surface area contributed by atoms with Crippen LogP contribution in [0.2, 0.25) is 0 Å². The lowest BCUT2D eigenvalue weighted by Crippen LogP contribution is -2.26. The summed E-state index contributed by atoms with van der Waals surface area (Å²) in [5, 5.41) is 2.85. The molecular weight excluding hydrogens is 321 g/mol. The van der Waals surface area contributed by atoms with Gasteiger partial charge in [0.1, 0.15) is 5.82 Å². The highest BCUT2D eigenvalue weighted by atomic mass is 19.1. The van der Waals surface area contributed by atoms with Crippen LogP contribution < -0.4 is 10.1 Å². The molecule has 0 saturated carbocycles. The summed E-state index contributed by atoms with van der Waals surface area (Å²) in [6.07, 6.45) is 1.68. The van der Waals surface area contributed by atoms with Gasteiger partial charge in [-0.2, -0.15) is 0 Å². The molecule has 0 bridgehead atoms. The topological polar surface area (TPSA) is 67.0 Å². The average molecular weight is 341 g/mol. The van der Waals surface area contributed by atoms with Crippen molar-refractivity contribution in [1.82, 2.24) is 15.3 Å². The van der Waals surface area contributed by atoms with E-state index in [-0.39, 0.29) is 18.1 Å². The molecule has 0 saturated heterocycles. The Bertz CT molecular complexity index is 843. The number of imidazole rings is 1. The van der Waals surface area contributed by atoms with Gasteiger partial charge in [-0.25, -0.2) is 9.37 Å². The van der Waals surface area contributed by atoms with Gasteiger partial charge in [0.05, 0.1) is 24.6 Å². The monoisotopic (exact) mass is 341 g/mol. The van der Waals surface area contributed by atoms with Crippen molar-refractivity contribution in [2.24, 2.45) is 0 Å². The van der Waals surface area contributed by atoms with Crippen LogP contribution in [0, 0.1) is 5.82 Å². The minimum Gasteiger partial charge on any atom is -0.494 e. The first-order valence-electron chi connectivity index (χ1n) is 8.18. The highest BCUT2D eigenvalue weighted by molar-refractivity contribution is 5.78. The molecule has 1 aromatic heterocycles. The van der Waals surface area contributed by atoms with E-state index in [1.165, 1.54) is 19.2 Å². The lowest BCUT2D eigenvalue weighted by Gasteiger charge is -2.06. The number of halogens is 1. The molecule has 25 heavy (non-hydrogen) atoms. The number of ether oxygens (including phenoxy) is 1. The molecule has 5 nitrogen and oxygen atoms in total. The molecule has 0 unspecified atom stereocenters. The lowest BCUT2D eigenvalue weighted by atomic mass is 10.1. The molecule has 0 aliphatic heterocycles. The maximum atomic E-state index is 13.6. The predicted octanol–water partition coefficient (Wildman–Crippen LogP) is 3.00. The maximum Gasteiger partial charge on any atom is 0.224 e. The number of benzene rings is 2. The molecule has 1 amide bonds. The third-order valence-electron chi connectivity index (χ3n) is 3.93. The molecule has 3 rings (SSSR count). The van der Waals surface area contributed by atoms with Crippen molar-refractivity contribution in [2.45, 2.75) is 19.3 Å². The largest absolute Gasteiger partial charge is 0.494 e. The number of amides is 1. The summed E-state index contributed by atoms with van der Waals surface area (Å²) in [6.45, 7) is 0.550. The quantitative estimate of drug-likeness (QED) is 0.649. The number of hydrogen-bond donors (Lipinski definition) is 2. The van der Waals surface area contributed by atoms with E-state index >= 15 is 0 Å². The van der Waals surface area contributed by atoms with Gasteiger partial charge in [-0.05, 0) is 36.2 Å². The molecule has 0 spiro atoms. The Morgan fingerprint density at radius 2 is 2.12 bits per heavy atom. The number of methoxy groups -OCH3 is 1. The van der Waals surface area contributed by atoms with Gasteiger partial charge >= 0.3 is 0 Å². The second kappa shape index (κ2) is 7.79. The number of aromatic nitrogens is 2. The fourth-order valence-electron chi connectivity index (χ4n) is 2.68. The minimum atomic E-state index is -0.460. The summed E-state index contributed by atoms with van der Waals surface area (Å²) in [5.41, 5.74) is 2.58. The Labute approximate surface area is 145 Å². The molecule has 130 valence electrons. The lowest BCUT2D eigenvalue weighted by molar-refractivity contribution is -0.120. The van der Waals surface area contributed by atoms with Crippen LogP contribution in [0.4, 0.5) is 4.39 Å². The van der Waals surface area contributed by atoms with E-state index in [1.807, 2.05) is 24.3 Å². The van der Waals surface area contributed by atoms with E-state index in [0.29, 0.717) is 12.1 Å². The molecule has 0 radical (unpaired) electrons. The molecular formula is C19H20FN3O2. The van der Waals surface area contributed by atoms with Crippen LogP contribution in [0.15, 0.2) is 42.5 Å². The number of nitrogens with zero attached hydrogens (tertiary/aromatic N) is 1. The van der Waals surface area contributed by atoms with Crippen molar-refractivity contribution < 1.29 is 13.9 Å². The molecule has 6 heteroatoms. The van der Waals surface area contributed by atoms with E-state index in [4.69, 9.17) is 4.74 Å². The van der Waals surface area contributed by atoms with Gasteiger partial charge in [0.15, 0.2) is 11.6 Å². The standard InChI is InChI=1S/C19H20FN3O2/c1-25-17-9-8-13(11-14(17)20)12-19(24)21-10-4-7-18-22-15-5-2-3-6-16(15)23-18/h2-3,5-6,8-9,11H,4,7,10,12H2,1H3,(H,21,24)(H,22,23). The number of H-pyrrole nitrogens is 1. The van der Waals surface area contributed by atoms with Crippen LogP contribution >= 0.6 is 0 Å². The van der Waals surface area contributed by atoms with E-state index in [0.717, 1.165) is 29.7 Å². The van der Waals surface area contributed by atoms with Gasteiger partial charge < -0.3 is 15.0 Å². The van der Waals surface area contributed by atoms with Crippen molar-refractivity contribution in [3.8, 4) is 5.75 Å². The van der Waals surface area contributed by atoms with E-state index in [9.17, 15) is 9.18 Å². The number of aromatic amines is 1. The zero-order valence-corrected chi connectivity index (χ0v) is 14.0. The Morgan fingerprint density at radius 3 is 2.88 bits per heavy atom. The number of rotatable bonds is 7. The van der Waals surface area contributed by atoms with Crippen molar-refractivity contribution >= 4 is 16.9 Å². The van der Waals surface area contributed by atoms with Gasteiger partial charge in [0.25, 0.3) is 0 Å². The second-order valence-corrected chi connectivity index (χ2v) is 5.80. The number of hydrogen-bond acceptors (Lipinski definition) is 3. The molecule has 0 aliphatic rings. The van der Waals surface area contributed by atoms with Crippen molar-refractivity contribution in [1.29, 1.82) is 0 Å². The number of carbonyl (C=O) groups is 1. The van der Waals surface area contributed by atoms with E-state index in [1.54, 1.807) is 6.07 Å². The third kappa shape index (κ3) is 4.35. The van der Waals surface area contributed by atoms with Crippen molar-refractivity contribution in [3.63, 3.8) is 0 Å². The summed E-state index contributed by atoms with van der Waals surface area (Å²) >= 11 is 0. The Kier molecular flexibility index (Phi) is 5.28. The molecule has 2 aromatic carbocycles. The zero-order valence-electron chi connectivity index (χ0n) is 14.0. The summed E-state index contributed by atoms with van der Waals surface area (Å²) in [5.74, 6) is 0.495. The van der Waals surface area contributed by atoms with Crippen LogP contribution in [-0.2, 0) is 17.6 Å². The number of nitrogens with one attached hydrogen (secondary N) is 2. The summed E-state index contributed by atoms with van der Waals surface area (Å²) in [6, 6.07) is 12.4. The fraction of sp³-hybridized carbons (Fsp3) is 0.263. The van der Waals surface area contributed by atoms with Gasteiger partial charge in [-0.15, -0.1) is 0 Å². The SMILES string of the molecule is COc1ccc(CC(=O)NCCCc2nc3ccccc3[nH]2)cc1F. The van der Waals surface area contributed by atoms with Gasteiger partial charge in [0.2, 0.25) is 5.91 Å². The molecule has 0 fully saturated rings. The second-order valence-electron chi connectivity index (χ2n) is 5.80. The first-order chi connectivity index (χ1) is 12.2. The van der Waals surface area contributed by atoms with Crippen LogP contribution in [0.3, 0.4) is 0 Å². The first kappa shape index (κ1) is 17.0. The highest BCUT2D eigenvalue weighted by Gasteiger charge is 2.08. The van der Waals surface area contributed by atoms with Crippen LogP contribution in [0.5, 0.6) is 5.75 Å². The number of para-hydroxylation sites is 2. The summed E-state index contributed by atoms with van der Waals surface area (Å²) in [7, 11) is 1.41. The van der Waals surface area contributed by atoms with Crippen LogP contribution in [-0.4, -0.2) is 29.5 Å². The number of aryl methyl sites for hydroxylation is 1. The van der Waals surface area contributed by atoms with E-state index in [2.05, 4.69) is 15.3 Å². The smallest absolute Gasteiger partial charge is 0.224 e. The minimum absolute atomic E-state index is 0.130. The zero-order chi connectivity index (χ0) is 17.6. The van der Waals surface area contributed by atoms with Gasteiger partial charge in [0, 0.05) is 13.0 Å². The number of carbonyl (C=O) groups excluding carboxylic acids is 1. The predicted molar refractivity (Wildman–Crippen MR) is 94.1 cm³/mol. The van der Waals surface area contributed by atoms with Crippen molar-refractivity contribution in [3.05, 3.63) is 59.7 Å². The van der Waals surface area contributed by atoms with Gasteiger partial charge in [-0.3, -0.25) is 4.79 Å². The van der Waals surface area contributed by atoms with Gasteiger partial charge in [-0.1, -0.05) is 18.2 Å². The molecule has 1 heterocycles. The first-order valence-corrected chi connectivity index (χ1v) is 8.18. The Hall–Kier alpha value is -2.89. The Balaban J connectivity index is 1.44. The Morgan fingerprint density at radius 1 is 1.28 bits per heavy atom. The summed E-state index contributed by atoms with van der Waals surface area (Å²) < 4.78 is 18.5. The molecule has 0 aliphatic carbocycles. The normalized spacial score (nSPS) is 10.8. The number of fused-ring (bicyclic) bond motifs is 1. The van der Waals surface area contributed by atoms with Crippen molar-refractivity contribution in [2.75, 3.05) is 13.7 Å². The fourth-order valence-corrected chi connectivity index (χ4v) is 2.68. The molecule has 0 atom stereocenters. The molecule has 2 N–H and O–H groups in total. The van der Waals surface area contributed by atoms with Crippen LogP contribution in [0.1, 0.15) is 17.8 Å². The molecule has 3 aromatic rings. The average Bonchev–Trinajstić information content (AvgIpc) is 3.02.